The summed E-state index contributed by atoms with van der Waals surface area (Å²) in [5, 5.41) is 1.35. The second-order valence-electron chi connectivity index (χ2n) is 6.11. The second-order valence-corrected chi connectivity index (χ2v) is 6.52. The van der Waals surface area contributed by atoms with Crippen LogP contribution in [0.1, 0.15) is 30.9 Å². The highest BCUT2D eigenvalue weighted by Crippen LogP contribution is 2.32. The molecule has 3 rings (SSSR count). The minimum atomic E-state index is -0.357. The molecule has 0 saturated heterocycles. The fraction of sp³-hybridized carbons (Fsp3) is 0.286. The van der Waals surface area contributed by atoms with Crippen LogP contribution in [0.4, 0.5) is 0 Å². The fourth-order valence-corrected chi connectivity index (χ4v) is 3.05. The molecular weight excluding hydrogens is 352 g/mol. The third kappa shape index (κ3) is 4.20. The van der Waals surface area contributed by atoms with Crippen molar-refractivity contribution in [1.82, 2.24) is 0 Å². The minimum Gasteiger partial charge on any atom is -0.497 e. The largest absolute Gasteiger partial charge is 0.497 e. The van der Waals surface area contributed by atoms with Gasteiger partial charge in [-0.1, -0.05) is 37.1 Å². The summed E-state index contributed by atoms with van der Waals surface area (Å²) in [5.41, 5.74) is 2.05. The van der Waals surface area contributed by atoms with Crippen molar-refractivity contribution in [2.45, 2.75) is 32.8 Å². The number of benzene rings is 2. The number of fused-ring (bicyclic) bond motifs is 1. The van der Waals surface area contributed by atoms with Crippen LogP contribution in [-0.4, -0.2) is 7.11 Å². The van der Waals surface area contributed by atoms with Crippen molar-refractivity contribution in [2.75, 3.05) is 7.11 Å². The van der Waals surface area contributed by atoms with Gasteiger partial charge in [-0.05, 0) is 42.2 Å². The van der Waals surface area contributed by atoms with Crippen molar-refractivity contribution in [3.05, 3.63) is 69.0 Å². The maximum atomic E-state index is 11.9. The summed E-state index contributed by atoms with van der Waals surface area (Å²) in [6.07, 6.45) is 2.88. The number of methoxy groups -OCH3 is 1. The number of rotatable bonds is 7. The molecule has 1 heterocycles. The van der Waals surface area contributed by atoms with Crippen LogP contribution in [0.3, 0.4) is 0 Å². The molecule has 0 amide bonds. The van der Waals surface area contributed by atoms with Crippen molar-refractivity contribution in [3.8, 4) is 11.5 Å². The van der Waals surface area contributed by atoms with Gasteiger partial charge in [-0.3, -0.25) is 0 Å². The van der Waals surface area contributed by atoms with Gasteiger partial charge in [0.2, 0.25) is 0 Å². The molecule has 2 aromatic carbocycles. The van der Waals surface area contributed by atoms with Gasteiger partial charge in [-0.15, -0.1) is 0 Å². The molecule has 0 N–H and O–H groups in total. The Labute approximate surface area is 157 Å². The van der Waals surface area contributed by atoms with Gasteiger partial charge >= 0.3 is 5.63 Å². The summed E-state index contributed by atoms with van der Waals surface area (Å²) in [4.78, 5) is 11.9. The first-order valence-electron chi connectivity index (χ1n) is 8.62. The van der Waals surface area contributed by atoms with Gasteiger partial charge in [-0.25, -0.2) is 4.79 Å². The van der Waals surface area contributed by atoms with E-state index in [1.165, 1.54) is 0 Å². The Morgan fingerprint density at radius 1 is 1.15 bits per heavy atom. The molecule has 3 aromatic rings. The molecule has 0 radical (unpaired) electrons. The molecule has 0 aliphatic carbocycles. The highest BCUT2D eigenvalue weighted by molar-refractivity contribution is 6.32. The van der Waals surface area contributed by atoms with E-state index in [-0.39, 0.29) is 5.63 Å². The third-order valence-electron chi connectivity index (χ3n) is 4.21. The number of halogens is 1. The molecule has 0 spiro atoms. The van der Waals surface area contributed by atoms with Crippen LogP contribution in [0.2, 0.25) is 5.02 Å². The van der Waals surface area contributed by atoms with Crippen molar-refractivity contribution < 1.29 is 13.9 Å². The Hall–Kier alpha value is -2.46. The van der Waals surface area contributed by atoms with Gasteiger partial charge < -0.3 is 13.9 Å². The van der Waals surface area contributed by atoms with Crippen LogP contribution < -0.4 is 15.1 Å². The van der Waals surface area contributed by atoms with Gasteiger partial charge in [0, 0.05) is 17.5 Å². The first kappa shape index (κ1) is 18.3. The predicted octanol–water partition coefficient (Wildman–Crippen LogP) is 5.38. The van der Waals surface area contributed by atoms with Crippen molar-refractivity contribution in [1.29, 1.82) is 0 Å². The Morgan fingerprint density at radius 2 is 2.00 bits per heavy atom. The average molecular weight is 373 g/mol. The van der Waals surface area contributed by atoms with Crippen LogP contribution in [0.25, 0.3) is 11.0 Å². The molecule has 0 bridgehead atoms. The van der Waals surface area contributed by atoms with Gasteiger partial charge in [0.25, 0.3) is 0 Å². The number of hydrogen-bond donors (Lipinski definition) is 0. The molecule has 136 valence electrons. The third-order valence-corrected chi connectivity index (χ3v) is 4.51. The van der Waals surface area contributed by atoms with E-state index in [1.807, 2.05) is 30.3 Å². The summed E-state index contributed by atoms with van der Waals surface area (Å²) in [7, 11) is 1.62. The Kier molecular flexibility index (Phi) is 5.84. The molecule has 0 aliphatic rings. The standard InChI is InChI=1S/C21H21ClO4/c1-3-4-7-15-10-21(23)26-19-12-20(18(22)11-17(15)19)25-13-14-6-5-8-16(9-14)24-2/h5-6,8-12H,3-4,7,13H2,1-2H3. The van der Waals surface area contributed by atoms with E-state index in [4.69, 9.17) is 25.5 Å². The molecule has 5 heteroatoms. The summed E-state index contributed by atoms with van der Waals surface area (Å²) in [5.74, 6) is 1.25. The quantitative estimate of drug-likeness (QED) is 0.522. The molecule has 1 aromatic heterocycles. The zero-order valence-electron chi connectivity index (χ0n) is 14.9. The van der Waals surface area contributed by atoms with E-state index >= 15 is 0 Å². The van der Waals surface area contributed by atoms with Crippen LogP contribution in [0.15, 0.2) is 51.7 Å². The summed E-state index contributed by atoms with van der Waals surface area (Å²) in [6.45, 7) is 2.45. The molecule has 0 fully saturated rings. The Bertz CT molecular complexity index is 962. The Balaban J connectivity index is 1.89. The summed E-state index contributed by atoms with van der Waals surface area (Å²) >= 11 is 6.40. The van der Waals surface area contributed by atoms with Crippen LogP contribution in [0, 0.1) is 0 Å². The zero-order chi connectivity index (χ0) is 18.5. The van der Waals surface area contributed by atoms with E-state index < -0.39 is 0 Å². The fourth-order valence-electron chi connectivity index (χ4n) is 2.84. The van der Waals surface area contributed by atoms with E-state index in [0.717, 1.165) is 41.5 Å². The molecule has 0 saturated carbocycles. The van der Waals surface area contributed by atoms with Gasteiger partial charge in [-0.2, -0.15) is 0 Å². The lowest BCUT2D eigenvalue weighted by atomic mass is 10.0. The molecular formula is C21H21ClO4. The first-order chi connectivity index (χ1) is 12.6. The van der Waals surface area contributed by atoms with E-state index in [9.17, 15) is 4.79 Å². The predicted molar refractivity (Wildman–Crippen MR) is 103 cm³/mol. The number of unbranched alkanes of at least 4 members (excludes halogenated alkanes) is 1. The molecule has 26 heavy (non-hydrogen) atoms. The highest BCUT2D eigenvalue weighted by atomic mass is 35.5. The molecule has 0 aliphatic heterocycles. The van der Waals surface area contributed by atoms with Gasteiger partial charge in [0.15, 0.2) is 0 Å². The summed E-state index contributed by atoms with van der Waals surface area (Å²) < 4.78 is 16.4. The van der Waals surface area contributed by atoms with E-state index in [0.29, 0.717) is 23.0 Å². The van der Waals surface area contributed by atoms with Crippen LogP contribution in [0.5, 0.6) is 11.5 Å². The van der Waals surface area contributed by atoms with Crippen LogP contribution in [-0.2, 0) is 13.0 Å². The van der Waals surface area contributed by atoms with Crippen molar-refractivity contribution in [2.24, 2.45) is 0 Å². The van der Waals surface area contributed by atoms with Gasteiger partial charge in [0.1, 0.15) is 23.7 Å². The lowest BCUT2D eigenvalue weighted by molar-refractivity contribution is 0.305. The number of hydrogen-bond acceptors (Lipinski definition) is 4. The summed E-state index contributed by atoms with van der Waals surface area (Å²) in [6, 6.07) is 12.7. The Morgan fingerprint density at radius 3 is 2.77 bits per heavy atom. The SMILES string of the molecule is CCCCc1cc(=O)oc2cc(OCc3cccc(OC)c3)c(Cl)cc12. The maximum absolute atomic E-state index is 11.9. The average Bonchev–Trinajstić information content (AvgIpc) is 2.65. The van der Waals surface area contributed by atoms with E-state index in [2.05, 4.69) is 6.92 Å². The topological polar surface area (TPSA) is 48.7 Å². The highest BCUT2D eigenvalue weighted by Gasteiger charge is 2.11. The maximum Gasteiger partial charge on any atom is 0.336 e. The minimum absolute atomic E-state index is 0.336. The zero-order valence-corrected chi connectivity index (χ0v) is 15.6. The number of ether oxygens (including phenoxy) is 2. The normalized spacial score (nSPS) is 10.9. The van der Waals surface area contributed by atoms with E-state index in [1.54, 1.807) is 19.2 Å². The number of aryl methyl sites for hydroxylation is 1. The lowest BCUT2D eigenvalue weighted by Gasteiger charge is -2.11. The first-order valence-corrected chi connectivity index (χ1v) is 9.00. The molecule has 4 nitrogen and oxygen atoms in total. The molecule has 0 unspecified atom stereocenters. The van der Waals surface area contributed by atoms with Crippen molar-refractivity contribution in [3.63, 3.8) is 0 Å². The second kappa shape index (κ2) is 8.28. The monoisotopic (exact) mass is 372 g/mol. The smallest absolute Gasteiger partial charge is 0.336 e. The molecule has 0 atom stereocenters. The van der Waals surface area contributed by atoms with Gasteiger partial charge in [0.05, 0.1) is 12.1 Å². The van der Waals surface area contributed by atoms with Crippen molar-refractivity contribution >= 4 is 22.6 Å². The van der Waals surface area contributed by atoms with Crippen LogP contribution >= 0.6 is 11.6 Å². The lowest BCUT2D eigenvalue weighted by Crippen LogP contribution is -2.02.